The number of benzene rings is 1. The highest BCUT2D eigenvalue weighted by molar-refractivity contribution is 5.93. The number of ether oxygens (including phenoxy) is 1. The van der Waals surface area contributed by atoms with Crippen LogP contribution in [0.2, 0.25) is 0 Å². The summed E-state index contributed by atoms with van der Waals surface area (Å²) < 4.78 is 18.1. The Bertz CT molecular complexity index is 445. The molecule has 5 nitrogen and oxygen atoms in total. The number of nitrogens with one attached hydrogen (secondary N) is 1. The van der Waals surface area contributed by atoms with Crippen molar-refractivity contribution in [1.82, 2.24) is 0 Å². The van der Waals surface area contributed by atoms with Gasteiger partial charge in [0, 0.05) is 13.0 Å². The van der Waals surface area contributed by atoms with Gasteiger partial charge in [-0.3, -0.25) is 9.59 Å². The van der Waals surface area contributed by atoms with Crippen LogP contribution in [0.4, 0.5) is 10.1 Å². The van der Waals surface area contributed by atoms with E-state index in [1.807, 2.05) is 0 Å². The number of phenols is 1. The highest BCUT2D eigenvalue weighted by Gasteiger charge is 2.18. The molecule has 0 aromatic heterocycles. The van der Waals surface area contributed by atoms with Crippen LogP contribution in [0, 0.1) is 5.82 Å². The third-order valence-corrected chi connectivity index (χ3v) is 1.88. The second kappa shape index (κ2) is 4.61. The first-order valence-corrected chi connectivity index (χ1v) is 4.33. The van der Waals surface area contributed by atoms with Crippen molar-refractivity contribution >= 4 is 17.9 Å². The third kappa shape index (κ3) is 2.10. The summed E-state index contributed by atoms with van der Waals surface area (Å²) in [6, 6.07) is 0.906. The Kier molecular flexibility index (Phi) is 3.44. The number of hydrogen-bond donors (Lipinski definition) is 2. The normalized spacial score (nSPS) is 9.69. The minimum atomic E-state index is -0.933. The maximum atomic E-state index is 13.3. The molecular formula is C10H10FNO4. The van der Waals surface area contributed by atoms with E-state index in [-0.39, 0.29) is 17.7 Å². The molecule has 0 spiro atoms. The first kappa shape index (κ1) is 12.0. The SMILES string of the molecule is COc1c(NC(C)=O)cc(F)c(C=O)c1O. The Morgan fingerprint density at radius 1 is 1.62 bits per heavy atom. The number of rotatable bonds is 3. The van der Waals surface area contributed by atoms with Gasteiger partial charge in [-0.15, -0.1) is 0 Å². The Labute approximate surface area is 90.8 Å². The summed E-state index contributed by atoms with van der Waals surface area (Å²) in [5.41, 5.74) is -0.540. The van der Waals surface area contributed by atoms with Gasteiger partial charge >= 0.3 is 0 Å². The van der Waals surface area contributed by atoms with Gasteiger partial charge in [0.2, 0.25) is 5.91 Å². The third-order valence-electron chi connectivity index (χ3n) is 1.88. The molecule has 2 N–H and O–H groups in total. The lowest BCUT2D eigenvalue weighted by atomic mass is 10.1. The molecule has 86 valence electrons. The fourth-order valence-corrected chi connectivity index (χ4v) is 1.23. The molecule has 0 fully saturated rings. The Hall–Kier alpha value is -2.11. The molecule has 0 heterocycles. The van der Waals surface area contributed by atoms with Gasteiger partial charge in [0.05, 0.1) is 18.4 Å². The predicted molar refractivity (Wildman–Crippen MR) is 54.3 cm³/mol. The average Bonchev–Trinajstić information content (AvgIpc) is 2.17. The molecule has 1 rings (SSSR count). The molecule has 0 radical (unpaired) electrons. The molecule has 0 aliphatic rings. The average molecular weight is 227 g/mol. The summed E-state index contributed by atoms with van der Waals surface area (Å²) in [6.45, 7) is 1.22. The van der Waals surface area contributed by atoms with Crippen molar-refractivity contribution in [1.29, 1.82) is 0 Å². The molecule has 1 aromatic carbocycles. The predicted octanol–water partition coefficient (Wildman–Crippen LogP) is 1.31. The van der Waals surface area contributed by atoms with Gasteiger partial charge in [-0.05, 0) is 0 Å². The van der Waals surface area contributed by atoms with Crippen LogP contribution in [0.5, 0.6) is 11.5 Å². The van der Waals surface area contributed by atoms with Crippen LogP contribution in [0.25, 0.3) is 0 Å². The summed E-state index contributed by atoms with van der Waals surface area (Å²) in [5.74, 6) is -2.17. The van der Waals surface area contributed by atoms with Crippen LogP contribution in [0.1, 0.15) is 17.3 Å². The van der Waals surface area contributed by atoms with Crippen LogP contribution in [0.15, 0.2) is 6.07 Å². The molecule has 0 saturated carbocycles. The lowest BCUT2D eigenvalue weighted by Crippen LogP contribution is -2.08. The number of phenolic OH excluding ortho intramolecular Hbond substituents is 1. The fourth-order valence-electron chi connectivity index (χ4n) is 1.23. The van der Waals surface area contributed by atoms with Gasteiger partial charge in [0.15, 0.2) is 17.8 Å². The lowest BCUT2D eigenvalue weighted by molar-refractivity contribution is -0.114. The van der Waals surface area contributed by atoms with Crippen molar-refractivity contribution in [3.8, 4) is 11.5 Å². The van der Waals surface area contributed by atoms with E-state index in [4.69, 9.17) is 4.74 Å². The standard InChI is InChI=1S/C10H10FNO4/c1-5(14)12-8-3-7(11)6(4-13)9(15)10(8)16-2/h3-4,15H,1-2H3,(H,12,14). The van der Waals surface area contributed by atoms with E-state index in [0.717, 1.165) is 6.07 Å². The zero-order valence-electron chi connectivity index (χ0n) is 8.70. The Balaban J connectivity index is 3.40. The molecule has 6 heteroatoms. The van der Waals surface area contributed by atoms with Crippen molar-refractivity contribution in [2.45, 2.75) is 6.92 Å². The van der Waals surface area contributed by atoms with Crippen molar-refractivity contribution in [3.05, 3.63) is 17.4 Å². The summed E-state index contributed by atoms with van der Waals surface area (Å²) in [5, 5.41) is 11.8. The number of carbonyl (C=O) groups is 2. The van der Waals surface area contributed by atoms with Crippen LogP contribution in [-0.4, -0.2) is 24.4 Å². The van der Waals surface area contributed by atoms with E-state index >= 15 is 0 Å². The molecule has 16 heavy (non-hydrogen) atoms. The molecule has 0 atom stereocenters. The van der Waals surface area contributed by atoms with Crippen LogP contribution < -0.4 is 10.1 Å². The molecule has 1 amide bonds. The molecule has 0 aliphatic heterocycles. The molecular weight excluding hydrogens is 217 g/mol. The quantitative estimate of drug-likeness (QED) is 0.763. The van der Waals surface area contributed by atoms with Crippen molar-refractivity contribution < 1.29 is 23.8 Å². The summed E-state index contributed by atoms with van der Waals surface area (Å²) in [4.78, 5) is 21.3. The topological polar surface area (TPSA) is 75.6 Å². The summed E-state index contributed by atoms with van der Waals surface area (Å²) in [6.07, 6.45) is 0.171. The minimum Gasteiger partial charge on any atom is -0.504 e. The largest absolute Gasteiger partial charge is 0.504 e. The Morgan fingerprint density at radius 3 is 2.69 bits per heavy atom. The minimum absolute atomic E-state index is 0.0319. The van der Waals surface area contributed by atoms with E-state index in [9.17, 15) is 19.1 Å². The van der Waals surface area contributed by atoms with Gasteiger partial charge in [0.25, 0.3) is 0 Å². The van der Waals surface area contributed by atoms with E-state index in [1.54, 1.807) is 0 Å². The van der Waals surface area contributed by atoms with Gasteiger partial charge in [-0.25, -0.2) is 4.39 Å². The van der Waals surface area contributed by atoms with E-state index in [1.165, 1.54) is 14.0 Å². The number of hydrogen-bond acceptors (Lipinski definition) is 4. The zero-order chi connectivity index (χ0) is 12.3. The molecule has 0 unspecified atom stereocenters. The fraction of sp³-hybridized carbons (Fsp3) is 0.200. The number of amides is 1. The van der Waals surface area contributed by atoms with Crippen molar-refractivity contribution in [3.63, 3.8) is 0 Å². The summed E-state index contributed by atoms with van der Waals surface area (Å²) in [7, 11) is 1.23. The monoisotopic (exact) mass is 227 g/mol. The summed E-state index contributed by atoms with van der Waals surface area (Å²) >= 11 is 0. The molecule has 1 aromatic rings. The number of aromatic hydroxyl groups is 1. The van der Waals surface area contributed by atoms with Gasteiger partial charge in [0.1, 0.15) is 5.82 Å². The number of carbonyl (C=O) groups excluding carboxylic acids is 2. The number of anilines is 1. The van der Waals surface area contributed by atoms with E-state index in [2.05, 4.69) is 5.32 Å². The second-order valence-electron chi connectivity index (χ2n) is 3.00. The van der Waals surface area contributed by atoms with Gasteiger partial charge in [-0.1, -0.05) is 0 Å². The van der Waals surface area contributed by atoms with Crippen LogP contribution >= 0.6 is 0 Å². The number of aldehydes is 1. The lowest BCUT2D eigenvalue weighted by Gasteiger charge is -2.12. The zero-order valence-corrected chi connectivity index (χ0v) is 8.70. The molecule has 0 bridgehead atoms. The maximum absolute atomic E-state index is 13.3. The maximum Gasteiger partial charge on any atom is 0.221 e. The molecule has 0 aliphatic carbocycles. The van der Waals surface area contributed by atoms with E-state index < -0.39 is 23.0 Å². The van der Waals surface area contributed by atoms with Crippen LogP contribution in [0.3, 0.4) is 0 Å². The van der Waals surface area contributed by atoms with E-state index in [0.29, 0.717) is 0 Å². The highest BCUT2D eigenvalue weighted by atomic mass is 19.1. The first-order chi connectivity index (χ1) is 7.51. The van der Waals surface area contributed by atoms with Crippen molar-refractivity contribution in [2.24, 2.45) is 0 Å². The molecule has 0 saturated heterocycles. The Morgan fingerprint density at radius 2 is 2.25 bits per heavy atom. The second-order valence-corrected chi connectivity index (χ2v) is 3.00. The van der Waals surface area contributed by atoms with Crippen LogP contribution in [-0.2, 0) is 4.79 Å². The smallest absolute Gasteiger partial charge is 0.221 e. The van der Waals surface area contributed by atoms with Gasteiger partial charge in [-0.2, -0.15) is 0 Å². The first-order valence-electron chi connectivity index (χ1n) is 4.33. The number of halogens is 1. The number of methoxy groups -OCH3 is 1. The van der Waals surface area contributed by atoms with Crippen molar-refractivity contribution in [2.75, 3.05) is 12.4 Å². The highest BCUT2D eigenvalue weighted by Crippen LogP contribution is 2.38. The van der Waals surface area contributed by atoms with Gasteiger partial charge < -0.3 is 15.2 Å².